The van der Waals surface area contributed by atoms with Gasteiger partial charge in [0.1, 0.15) is 18.8 Å². The average molecular weight is 267 g/mol. The Morgan fingerprint density at radius 1 is 1.33 bits per heavy atom. The topological polar surface area (TPSA) is 50.0 Å². The van der Waals surface area contributed by atoms with Gasteiger partial charge in [0.2, 0.25) is 0 Å². The Morgan fingerprint density at radius 2 is 2.17 bits per heavy atom. The molecule has 0 saturated heterocycles. The van der Waals surface area contributed by atoms with E-state index in [0.29, 0.717) is 11.6 Å². The van der Waals surface area contributed by atoms with Crippen molar-refractivity contribution in [1.82, 2.24) is 0 Å². The summed E-state index contributed by atoms with van der Waals surface area (Å²) in [7, 11) is 0. The van der Waals surface area contributed by atoms with Crippen molar-refractivity contribution in [3.63, 3.8) is 0 Å². The zero-order chi connectivity index (χ0) is 13.0. The molecular formula is C14H17ClNO2+. The lowest BCUT2D eigenvalue weighted by molar-refractivity contribution is -0.677. The number of furan rings is 1. The Bertz CT molecular complexity index is 508. The Balaban J connectivity index is 2.02. The highest BCUT2D eigenvalue weighted by Gasteiger charge is 2.07. The van der Waals surface area contributed by atoms with Crippen molar-refractivity contribution in [2.24, 2.45) is 0 Å². The molecule has 1 aromatic heterocycles. The Morgan fingerprint density at radius 3 is 2.89 bits per heavy atom. The second-order valence-corrected chi connectivity index (χ2v) is 4.79. The fraction of sp³-hybridized carbons (Fsp3) is 0.286. The minimum atomic E-state index is -0.299. The first-order chi connectivity index (χ1) is 8.65. The first-order valence-electron chi connectivity index (χ1n) is 5.99. The minimum Gasteiger partial charge on any atom is -0.455 e. The third-order valence-electron chi connectivity index (χ3n) is 2.62. The van der Waals surface area contributed by atoms with Gasteiger partial charge in [0.25, 0.3) is 0 Å². The van der Waals surface area contributed by atoms with Gasteiger partial charge in [-0.2, -0.15) is 0 Å². The molecule has 0 bridgehead atoms. The molecule has 0 unspecified atom stereocenters. The lowest BCUT2D eigenvalue weighted by Gasteiger charge is -2.01. The van der Waals surface area contributed by atoms with Gasteiger partial charge in [-0.25, -0.2) is 0 Å². The van der Waals surface area contributed by atoms with Crippen molar-refractivity contribution in [2.75, 3.05) is 6.54 Å². The first-order valence-corrected chi connectivity index (χ1v) is 6.37. The van der Waals surface area contributed by atoms with E-state index in [0.717, 1.165) is 23.6 Å². The summed E-state index contributed by atoms with van der Waals surface area (Å²) in [4.78, 5) is 0. The highest BCUT2D eigenvalue weighted by molar-refractivity contribution is 6.30. The van der Waals surface area contributed by atoms with Crippen LogP contribution in [0.5, 0.6) is 0 Å². The molecule has 2 aromatic rings. The van der Waals surface area contributed by atoms with Crippen LogP contribution in [0.25, 0.3) is 11.3 Å². The standard InChI is InChI=1S/C14H16ClNO2/c1-10(17)8-16-9-13-5-6-14(18-13)11-3-2-4-12(15)7-11/h2-7,10,16-17H,8-9H2,1H3/p+1/t10-/m1/s1. The quantitative estimate of drug-likeness (QED) is 0.870. The van der Waals surface area contributed by atoms with E-state index in [2.05, 4.69) is 0 Å². The molecular weight excluding hydrogens is 250 g/mol. The summed E-state index contributed by atoms with van der Waals surface area (Å²) < 4.78 is 5.73. The molecule has 4 heteroatoms. The first kappa shape index (κ1) is 13.1. The van der Waals surface area contributed by atoms with Crippen molar-refractivity contribution in [3.05, 3.63) is 47.2 Å². The smallest absolute Gasteiger partial charge is 0.158 e. The van der Waals surface area contributed by atoms with E-state index in [1.54, 1.807) is 6.92 Å². The third-order valence-corrected chi connectivity index (χ3v) is 2.86. The third kappa shape index (κ3) is 3.60. The molecule has 0 aliphatic rings. The van der Waals surface area contributed by atoms with Crippen LogP contribution in [0, 0.1) is 0 Å². The van der Waals surface area contributed by atoms with Crippen LogP contribution in [0.2, 0.25) is 5.02 Å². The highest BCUT2D eigenvalue weighted by atomic mass is 35.5. The molecule has 0 saturated carbocycles. The second-order valence-electron chi connectivity index (χ2n) is 4.35. The molecule has 1 atom stereocenters. The summed E-state index contributed by atoms with van der Waals surface area (Å²) in [5.74, 6) is 1.71. The average Bonchev–Trinajstić information content (AvgIpc) is 2.77. The van der Waals surface area contributed by atoms with Gasteiger partial charge in [-0.05, 0) is 31.2 Å². The van der Waals surface area contributed by atoms with Crippen LogP contribution in [-0.2, 0) is 6.54 Å². The van der Waals surface area contributed by atoms with Gasteiger partial charge in [0.15, 0.2) is 5.76 Å². The fourth-order valence-electron chi connectivity index (χ4n) is 1.75. The van der Waals surface area contributed by atoms with Gasteiger partial charge < -0.3 is 14.8 Å². The summed E-state index contributed by atoms with van der Waals surface area (Å²) >= 11 is 5.94. The molecule has 0 amide bonds. The number of rotatable bonds is 5. The second kappa shape index (κ2) is 6.05. The van der Waals surface area contributed by atoms with E-state index in [1.165, 1.54) is 0 Å². The maximum absolute atomic E-state index is 9.17. The Hall–Kier alpha value is -1.29. The number of aliphatic hydroxyl groups is 1. The Labute approximate surface area is 111 Å². The lowest BCUT2D eigenvalue weighted by atomic mass is 10.2. The van der Waals surface area contributed by atoms with Crippen LogP contribution < -0.4 is 5.32 Å². The van der Waals surface area contributed by atoms with E-state index in [1.807, 2.05) is 41.7 Å². The maximum atomic E-state index is 9.17. The zero-order valence-electron chi connectivity index (χ0n) is 10.3. The molecule has 1 heterocycles. The minimum absolute atomic E-state index is 0.299. The van der Waals surface area contributed by atoms with Gasteiger partial charge in [0, 0.05) is 10.6 Å². The predicted molar refractivity (Wildman–Crippen MR) is 71.3 cm³/mol. The van der Waals surface area contributed by atoms with Crippen molar-refractivity contribution in [2.45, 2.75) is 19.6 Å². The molecule has 1 aromatic carbocycles. The van der Waals surface area contributed by atoms with Crippen LogP contribution in [0.15, 0.2) is 40.8 Å². The van der Waals surface area contributed by atoms with Crippen LogP contribution in [0.4, 0.5) is 0 Å². The van der Waals surface area contributed by atoms with Crippen molar-refractivity contribution in [1.29, 1.82) is 0 Å². The number of hydrogen-bond acceptors (Lipinski definition) is 2. The molecule has 3 N–H and O–H groups in total. The van der Waals surface area contributed by atoms with Crippen LogP contribution in [-0.4, -0.2) is 17.8 Å². The highest BCUT2D eigenvalue weighted by Crippen LogP contribution is 2.24. The number of nitrogens with two attached hydrogens (primary N) is 1. The number of quaternary nitrogens is 1. The van der Waals surface area contributed by atoms with Gasteiger partial charge >= 0.3 is 0 Å². The van der Waals surface area contributed by atoms with Crippen molar-refractivity contribution < 1.29 is 14.8 Å². The molecule has 0 spiro atoms. The number of halogens is 1. The van der Waals surface area contributed by atoms with Crippen LogP contribution >= 0.6 is 11.6 Å². The summed E-state index contributed by atoms with van der Waals surface area (Å²) in [6.45, 7) is 3.18. The van der Waals surface area contributed by atoms with E-state index >= 15 is 0 Å². The van der Waals surface area contributed by atoms with Crippen LogP contribution in [0.1, 0.15) is 12.7 Å². The molecule has 3 nitrogen and oxygen atoms in total. The van der Waals surface area contributed by atoms with Gasteiger partial charge in [-0.1, -0.05) is 23.7 Å². The van der Waals surface area contributed by atoms with Gasteiger partial charge in [-0.3, -0.25) is 0 Å². The molecule has 0 aliphatic carbocycles. The van der Waals surface area contributed by atoms with Crippen molar-refractivity contribution >= 4 is 11.6 Å². The SMILES string of the molecule is C[C@@H](O)C[NH2+]Cc1ccc(-c2cccc(Cl)c2)o1. The number of hydrogen-bond donors (Lipinski definition) is 2. The molecule has 0 aliphatic heterocycles. The van der Waals surface area contributed by atoms with E-state index < -0.39 is 0 Å². The number of aliphatic hydroxyl groups excluding tert-OH is 1. The molecule has 0 radical (unpaired) electrons. The van der Waals surface area contributed by atoms with Crippen molar-refractivity contribution in [3.8, 4) is 11.3 Å². The molecule has 96 valence electrons. The molecule has 0 fully saturated rings. The Kier molecular flexibility index (Phi) is 4.42. The van der Waals surface area contributed by atoms with Gasteiger partial charge in [-0.15, -0.1) is 0 Å². The monoisotopic (exact) mass is 266 g/mol. The number of benzene rings is 1. The zero-order valence-corrected chi connectivity index (χ0v) is 11.0. The van der Waals surface area contributed by atoms with E-state index in [4.69, 9.17) is 21.1 Å². The fourth-order valence-corrected chi connectivity index (χ4v) is 1.94. The summed E-state index contributed by atoms with van der Waals surface area (Å²) in [5, 5.41) is 11.9. The van der Waals surface area contributed by atoms with E-state index in [9.17, 15) is 0 Å². The van der Waals surface area contributed by atoms with Gasteiger partial charge in [0.05, 0.1) is 6.10 Å². The largest absolute Gasteiger partial charge is 0.455 e. The lowest BCUT2D eigenvalue weighted by Crippen LogP contribution is -2.84. The summed E-state index contributed by atoms with van der Waals surface area (Å²) in [6.07, 6.45) is -0.299. The maximum Gasteiger partial charge on any atom is 0.158 e. The van der Waals surface area contributed by atoms with Crippen LogP contribution in [0.3, 0.4) is 0 Å². The van der Waals surface area contributed by atoms with E-state index in [-0.39, 0.29) is 6.10 Å². The predicted octanol–water partition coefficient (Wildman–Crippen LogP) is 2.04. The summed E-state index contributed by atoms with van der Waals surface area (Å²) in [5.41, 5.74) is 0.976. The molecule has 2 rings (SSSR count). The summed E-state index contributed by atoms with van der Waals surface area (Å²) in [6, 6.07) is 11.5. The normalized spacial score (nSPS) is 12.6. The molecule has 18 heavy (non-hydrogen) atoms.